The highest BCUT2D eigenvalue weighted by molar-refractivity contribution is 9.10. The van der Waals surface area contributed by atoms with Crippen molar-refractivity contribution in [2.24, 2.45) is 0 Å². The van der Waals surface area contributed by atoms with Gasteiger partial charge in [-0.15, -0.1) is 0 Å². The van der Waals surface area contributed by atoms with E-state index in [2.05, 4.69) is 15.9 Å². The first-order chi connectivity index (χ1) is 7.66. The molecule has 0 fully saturated rings. The highest BCUT2D eigenvalue weighted by Gasteiger charge is 2.21. The predicted octanol–water partition coefficient (Wildman–Crippen LogP) is 3.04. The summed E-state index contributed by atoms with van der Waals surface area (Å²) < 4.78 is 6.03. The minimum absolute atomic E-state index is 0.467. The summed E-state index contributed by atoms with van der Waals surface area (Å²) in [6.07, 6.45) is 0.492. The molecule has 0 aromatic heterocycles. The van der Waals surface area contributed by atoms with Gasteiger partial charge in [0.1, 0.15) is 0 Å². The minimum atomic E-state index is -0.813. The van der Waals surface area contributed by atoms with E-state index in [1.807, 2.05) is 31.2 Å². The maximum absolute atomic E-state index is 11.2. The van der Waals surface area contributed by atoms with Crippen molar-refractivity contribution in [2.75, 3.05) is 13.2 Å². The zero-order chi connectivity index (χ0) is 12.0. The first kappa shape index (κ1) is 13.2. The highest BCUT2D eigenvalue weighted by atomic mass is 79.9. The van der Waals surface area contributed by atoms with Crippen LogP contribution in [0.3, 0.4) is 0 Å². The molecule has 0 radical (unpaired) electrons. The number of benzene rings is 1. The molecule has 0 spiro atoms. The minimum Gasteiger partial charge on any atom is -0.481 e. The molecule has 1 atom stereocenters. The Balaban J connectivity index is 2.78. The van der Waals surface area contributed by atoms with Crippen LogP contribution in [0, 0.1) is 0 Å². The van der Waals surface area contributed by atoms with E-state index in [1.54, 1.807) is 0 Å². The molecule has 4 heteroatoms. The maximum atomic E-state index is 11.2. The van der Waals surface area contributed by atoms with E-state index in [9.17, 15) is 9.90 Å². The number of carbonyl (C=O) groups is 1. The van der Waals surface area contributed by atoms with Gasteiger partial charge in [-0.1, -0.05) is 34.1 Å². The number of hydrogen-bond acceptors (Lipinski definition) is 2. The summed E-state index contributed by atoms with van der Waals surface area (Å²) in [4.78, 5) is 11.2. The fraction of sp³-hybridized carbons (Fsp3) is 0.417. The summed E-state index contributed by atoms with van der Waals surface area (Å²) in [5.74, 6) is -1.33. The average Bonchev–Trinajstić information content (AvgIpc) is 2.25. The Kier molecular flexibility index (Phi) is 5.49. The second-order valence-electron chi connectivity index (χ2n) is 3.40. The molecule has 0 aliphatic rings. The second kappa shape index (κ2) is 6.66. The average molecular weight is 287 g/mol. The summed E-state index contributed by atoms with van der Waals surface area (Å²) in [5.41, 5.74) is 0.801. The Hall–Kier alpha value is -0.870. The van der Waals surface area contributed by atoms with Crippen molar-refractivity contribution >= 4 is 21.9 Å². The molecule has 1 unspecified atom stereocenters. The van der Waals surface area contributed by atoms with Gasteiger partial charge >= 0.3 is 5.97 Å². The molecular formula is C12H15BrO3. The molecule has 1 N–H and O–H groups in total. The largest absolute Gasteiger partial charge is 0.481 e. The number of halogens is 1. The second-order valence-corrected chi connectivity index (χ2v) is 4.25. The van der Waals surface area contributed by atoms with Gasteiger partial charge in [0.05, 0.1) is 5.92 Å². The fourth-order valence-corrected chi connectivity index (χ4v) is 2.08. The van der Waals surface area contributed by atoms with E-state index in [0.29, 0.717) is 19.6 Å². The number of aliphatic carboxylic acids is 1. The van der Waals surface area contributed by atoms with Crippen LogP contribution in [0.1, 0.15) is 24.8 Å². The van der Waals surface area contributed by atoms with Crippen LogP contribution in [0.4, 0.5) is 0 Å². The standard InChI is InChI=1S/C12H15BrO3/c1-2-16-8-7-10(12(14)15)9-5-3-4-6-11(9)13/h3-6,10H,2,7-8H2,1H3,(H,14,15). The molecule has 0 saturated heterocycles. The number of rotatable bonds is 6. The van der Waals surface area contributed by atoms with Crippen molar-refractivity contribution in [1.82, 2.24) is 0 Å². The summed E-state index contributed by atoms with van der Waals surface area (Å²) in [6.45, 7) is 2.98. The van der Waals surface area contributed by atoms with Crippen molar-refractivity contribution in [2.45, 2.75) is 19.3 Å². The van der Waals surface area contributed by atoms with Crippen LogP contribution in [0.2, 0.25) is 0 Å². The van der Waals surface area contributed by atoms with Crippen LogP contribution < -0.4 is 0 Å². The van der Waals surface area contributed by atoms with Crippen LogP contribution in [0.5, 0.6) is 0 Å². The molecule has 16 heavy (non-hydrogen) atoms. The molecule has 0 amide bonds. The third-order valence-electron chi connectivity index (χ3n) is 2.33. The normalized spacial score (nSPS) is 12.4. The Morgan fingerprint density at radius 2 is 2.19 bits per heavy atom. The van der Waals surface area contributed by atoms with Gasteiger partial charge in [0.25, 0.3) is 0 Å². The first-order valence-corrected chi connectivity index (χ1v) is 6.01. The van der Waals surface area contributed by atoms with Gasteiger partial charge in [-0.2, -0.15) is 0 Å². The van der Waals surface area contributed by atoms with Crippen molar-refractivity contribution in [3.05, 3.63) is 34.3 Å². The summed E-state index contributed by atoms with van der Waals surface area (Å²) in [5, 5.41) is 9.17. The van der Waals surface area contributed by atoms with Crippen LogP contribution in [0.25, 0.3) is 0 Å². The Morgan fingerprint density at radius 1 is 1.50 bits per heavy atom. The van der Waals surface area contributed by atoms with E-state index >= 15 is 0 Å². The monoisotopic (exact) mass is 286 g/mol. The van der Waals surface area contributed by atoms with Gasteiger partial charge < -0.3 is 9.84 Å². The third kappa shape index (κ3) is 3.61. The zero-order valence-electron chi connectivity index (χ0n) is 9.15. The molecule has 0 aliphatic heterocycles. The van der Waals surface area contributed by atoms with Crippen molar-refractivity contribution in [1.29, 1.82) is 0 Å². The molecule has 3 nitrogen and oxygen atoms in total. The molecule has 0 bridgehead atoms. The van der Waals surface area contributed by atoms with Gasteiger partial charge in [-0.05, 0) is 25.0 Å². The lowest BCUT2D eigenvalue weighted by atomic mass is 9.96. The quantitative estimate of drug-likeness (QED) is 0.818. The van der Waals surface area contributed by atoms with Crippen LogP contribution >= 0.6 is 15.9 Å². The SMILES string of the molecule is CCOCCC(C(=O)O)c1ccccc1Br. The van der Waals surface area contributed by atoms with E-state index in [0.717, 1.165) is 10.0 Å². The molecular weight excluding hydrogens is 272 g/mol. The lowest BCUT2D eigenvalue weighted by Gasteiger charge is -2.14. The fourth-order valence-electron chi connectivity index (χ4n) is 1.52. The lowest BCUT2D eigenvalue weighted by Crippen LogP contribution is -2.14. The van der Waals surface area contributed by atoms with Gasteiger partial charge in [0, 0.05) is 17.7 Å². The number of ether oxygens (including phenoxy) is 1. The predicted molar refractivity (Wildman–Crippen MR) is 65.6 cm³/mol. The Bertz CT molecular complexity index is 352. The summed E-state index contributed by atoms with van der Waals surface area (Å²) in [6, 6.07) is 7.40. The van der Waals surface area contributed by atoms with Crippen molar-refractivity contribution in [3.8, 4) is 0 Å². The molecule has 0 saturated carbocycles. The molecule has 88 valence electrons. The van der Waals surface area contributed by atoms with Crippen LogP contribution in [-0.4, -0.2) is 24.3 Å². The highest BCUT2D eigenvalue weighted by Crippen LogP contribution is 2.27. The van der Waals surface area contributed by atoms with Gasteiger partial charge in [0.2, 0.25) is 0 Å². The van der Waals surface area contributed by atoms with Crippen molar-refractivity contribution < 1.29 is 14.6 Å². The summed E-state index contributed by atoms with van der Waals surface area (Å²) in [7, 11) is 0. The van der Waals surface area contributed by atoms with Crippen molar-refractivity contribution in [3.63, 3.8) is 0 Å². The van der Waals surface area contributed by atoms with Gasteiger partial charge in [-0.3, -0.25) is 4.79 Å². The Morgan fingerprint density at radius 3 is 2.75 bits per heavy atom. The molecule has 1 aromatic rings. The van der Waals surface area contributed by atoms with Crippen LogP contribution in [0.15, 0.2) is 28.7 Å². The third-order valence-corrected chi connectivity index (χ3v) is 3.06. The topological polar surface area (TPSA) is 46.5 Å². The smallest absolute Gasteiger partial charge is 0.311 e. The maximum Gasteiger partial charge on any atom is 0.311 e. The lowest BCUT2D eigenvalue weighted by molar-refractivity contribution is -0.139. The number of carboxylic acids is 1. The van der Waals surface area contributed by atoms with E-state index in [1.165, 1.54) is 0 Å². The first-order valence-electron chi connectivity index (χ1n) is 5.21. The molecule has 1 aromatic carbocycles. The number of carboxylic acid groups (broad SMARTS) is 1. The molecule has 0 heterocycles. The Labute approximate surface area is 104 Å². The number of hydrogen-bond donors (Lipinski definition) is 1. The van der Waals surface area contributed by atoms with Gasteiger partial charge in [-0.25, -0.2) is 0 Å². The van der Waals surface area contributed by atoms with Gasteiger partial charge in [0.15, 0.2) is 0 Å². The van der Waals surface area contributed by atoms with E-state index in [-0.39, 0.29) is 0 Å². The molecule has 0 aliphatic carbocycles. The van der Waals surface area contributed by atoms with E-state index < -0.39 is 11.9 Å². The summed E-state index contributed by atoms with van der Waals surface area (Å²) >= 11 is 3.37. The zero-order valence-corrected chi connectivity index (χ0v) is 10.7. The van der Waals surface area contributed by atoms with Crippen LogP contribution in [-0.2, 0) is 9.53 Å². The van der Waals surface area contributed by atoms with E-state index in [4.69, 9.17) is 4.74 Å². The molecule has 1 rings (SSSR count).